The number of nitrogens with one attached hydrogen (secondary N) is 1. The van der Waals surface area contributed by atoms with Gasteiger partial charge in [0.1, 0.15) is 4.60 Å². The SMILES string of the molecule is Brc1cccc(SC2CCCNC2)n1.Cl. The van der Waals surface area contributed by atoms with Crippen molar-refractivity contribution in [3.8, 4) is 0 Å². The molecular formula is C10H14BrClN2S. The zero-order valence-electron chi connectivity index (χ0n) is 8.28. The molecule has 1 saturated heterocycles. The zero-order chi connectivity index (χ0) is 9.80. The van der Waals surface area contributed by atoms with Gasteiger partial charge in [-0.25, -0.2) is 4.98 Å². The molecule has 0 spiro atoms. The molecule has 0 amide bonds. The maximum absolute atomic E-state index is 4.42. The van der Waals surface area contributed by atoms with E-state index in [4.69, 9.17) is 0 Å². The Morgan fingerprint density at radius 1 is 1.47 bits per heavy atom. The fourth-order valence-corrected chi connectivity index (χ4v) is 3.14. The predicted molar refractivity (Wildman–Crippen MR) is 70.9 cm³/mol. The minimum absolute atomic E-state index is 0. The van der Waals surface area contributed by atoms with Gasteiger partial charge in [-0.1, -0.05) is 6.07 Å². The van der Waals surface area contributed by atoms with Gasteiger partial charge in [-0.3, -0.25) is 0 Å². The molecular weight excluding hydrogens is 296 g/mol. The second-order valence-corrected chi connectivity index (χ2v) is 5.52. The minimum Gasteiger partial charge on any atom is -0.316 e. The van der Waals surface area contributed by atoms with Crippen molar-refractivity contribution in [2.45, 2.75) is 23.1 Å². The Balaban J connectivity index is 0.00000112. The van der Waals surface area contributed by atoms with Gasteiger partial charge in [-0.15, -0.1) is 24.2 Å². The van der Waals surface area contributed by atoms with E-state index in [9.17, 15) is 0 Å². The van der Waals surface area contributed by atoms with E-state index in [0.717, 1.165) is 16.2 Å². The summed E-state index contributed by atoms with van der Waals surface area (Å²) in [6.07, 6.45) is 2.58. The van der Waals surface area contributed by atoms with Crippen LogP contribution in [0.4, 0.5) is 0 Å². The molecule has 1 aromatic heterocycles. The number of aromatic nitrogens is 1. The van der Waals surface area contributed by atoms with Crippen LogP contribution in [0.25, 0.3) is 0 Å². The van der Waals surface area contributed by atoms with E-state index in [2.05, 4.69) is 32.3 Å². The van der Waals surface area contributed by atoms with Crippen molar-refractivity contribution < 1.29 is 0 Å². The van der Waals surface area contributed by atoms with Crippen molar-refractivity contribution in [2.75, 3.05) is 13.1 Å². The lowest BCUT2D eigenvalue weighted by Crippen LogP contribution is -2.31. The molecule has 1 aliphatic heterocycles. The van der Waals surface area contributed by atoms with Crippen LogP contribution in [-0.4, -0.2) is 23.3 Å². The summed E-state index contributed by atoms with van der Waals surface area (Å²) in [6.45, 7) is 2.28. The Labute approximate surface area is 109 Å². The number of rotatable bonds is 2. The van der Waals surface area contributed by atoms with Crippen LogP contribution in [0.2, 0.25) is 0 Å². The molecule has 1 aromatic rings. The van der Waals surface area contributed by atoms with Crippen molar-refractivity contribution >= 4 is 40.1 Å². The molecule has 1 atom stereocenters. The summed E-state index contributed by atoms with van der Waals surface area (Å²) in [4.78, 5) is 4.42. The third kappa shape index (κ3) is 4.31. The highest BCUT2D eigenvalue weighted by Gasteiger charge is 2.14. The monoisotopic (exact) mass is 308 g/mol. The van der Waals surface area contributed by atoms with Crippen molar-refractivity contribution in [3.05, 3.63) is 22.8 Å². The smallest absolute Gasteiger partial charge is 0.107 e. The summed E-state index contributed by atoms with van der Waals surface area (Å²) in [5, 5.41) is 5.21. The molecule has 1 unspecified atom stereocenters. The average molecular weight is 310 g/mol. The van der Waals surface area contributed by atoms with Gasteiger partial charge in [0, 0.05) is 11.8 Å². The number of halogens is 2. The first-order chi connectivity index (χ1) is 6.84. The lowest BCUT2D eigenvalue weighted by Gasteiger charge is -2.21. The van der Waals surface area contributed by atoms with Gasteiger partial charge in [0.15, 0.2) is 0 Å². The minimum atomic E-state index is 0. The maximum Gasteiger partial charge on any atom is 0.107 e. The molecule has 2 heterocycles. The van der Waals surface area contributed by atoms with E-state index in [-0.39, 0.29) is 12.4 Å². The van der Waals surface area contributed by atoms with Crippen LogP contribution in [0.5, 0.6) is 0 Å². The van der Waals surface area contributed by atoms with Crippen LogP contribution >= 0.6 is 40.1 Å². The van der Waals surface area contributed by atoms with Crippen LogP contribution < -0.4 is 5.32 Å². The van der Waals surface area contributed by atoms with Crippen LogP contribution in [0, 0.1) is 0 Å². The number of hydrogen-bond acceptors (Lipinski definition) is 3. The van der Waals surface area contributed by atoms with Gasteiger partial charge in [-0.2, -0.15) is 0 Å². The van der Waals surface area contributed by atoms with E-state index in [0.29, 0.717) is 5.25 Å². The van der Waals surface area contributed by atoms with Crippen LogP contribution in [0.1, 0.15) is 12.8 Å². The highest BCUT2D eigenvalue weighted by molar-refractivity contribution is 9.10. The topological polar surface area (TPSA) is 24.9 Å². The van der Waals surface area contributed by atoms with Crippen LogP contribution in [0.3, 0.4) is 0 Å². The third-order valence-electron chi connectivity index (χ3n) is 2.23. The van der Waals surface area contributed by atoms with Crippen molar-refractivity contribution in [2.24, 2.45) is 0 Å². The Morgan fingerprint density at radius 2 is 2.33 bits per heavy atom. The largest absolute Gasteiger partial charge is 0.316 e. The number of pyridine rings is 1. The summed E-state index contributed by atoms with van der Waals surface area (Å²) >= 11 is 5.26. The first kappa shape index (κ1) is 13.3. The molecule has 1 aliphatic rings. The predicted octanol–water partition coefficient (Wildman–Crippen LogP) is 3.11. The molecule has 0 saturated carbocycles. The van der Waals surface area contributed by atoms with Gasteiger partial charge in [0.05, 0.1) is 5.03 Å². The van der Waals surface area contributed by atoms with E-state index in [1.807, 2.05) is 23.9 Å². The standard InChI is InChI=1S/C10H13BrN2S.ClH/c11-9-4-1-5-10(13-9)14-8-3-2-6-12-7-8;/h1,4-5,8,12H,2-3,6-7H2;1H. The maximum atomic E-state index is 4.42. The second kappa shape index (κ2) is 6.74. The summed E-state index contributed by atoms with van der Waals surface area (Å²) in [7, 11) is 0. The molecule has 2 rings (SSSR count). The van der Waals surface area contributed by atoms with Gasteiger partial charge < -0.3 is 5.32 Å². The molecule has 84 valence electrons. The van der Waals surface area contributed by atoms with Crippen molar-refractivity contribution in [1.82, 2.24) is 10.3 Å². The first-order valence-electron chi connectivity index (χ1n) is 4.84. The lowest BCUT2D eigenvalue weighted by atomic mass is 10.2. The molecule has 0 aromatic carbocycles. The van der Waals surface area contributed by atoms with E-state index >= 15 is 0 Å². The molecule has 0 bridgehead atoms. The molecule has 0 aliphatic carbocycles. The quantitative estimate of drug-likeness (QED) is 0.850. The Morgan fingerprint density at radius 3 is 3.00 bits per heavy atom. The fraction of sp³-hybridized carbons (Fsp3) is 0.500. The van der Waals surface area contributed by atoms with Gasteiger partial charge in [0.25, 0.3) is 0 Å². The van der Waals surface area contributed by atoms with E-state index in [1.54, 1.807) is 0 Å². The van der Waals surface area contributed by atoms with E-state index in [1.165, 1.54) is 19.4 Å². The number of thioether (sulfide) groups is 1. The summed E-state index contributed by atoms with van der Waals surface area (Å²) in [5.41, 5.74) is 0. The van der Waals surface area contributed by atoms with Crippen LogP contribution in [-0.2, 0) is 0 Å². The van der Waals surface area contributed by atoms with Gasteiger partial charge in [0.2, 0.25) is 0 Å². The zero-order valence-corrected chi connectivity index (χ0v) is 11.5. The number of piperidine rings is 1. The first-order valence-corrected chi connectivity index (χ1v) is 6.52. The van der Waals surface area contributed by atoms with E-state index < -0.39 is 0 Å². The molecule has 1 fully saturated rings. The van der Waals surface area contributed by atoms with Crippen molar-refractivity contribution in [1.29, 1.82) is 0 Å². The van der Waals surface area contributed by atoms with Crippen LogP contribution in [0.15, 0.2) is 27.8 Å². The fourth-order valence-electron chi connectivity index (χ4n) is 1.55. The molecule has 15 heavy (non-hydrogen) atoms. The summed E-state index contributed by atoms with van der Waals surface area (Å²) in [6, 6.07) is 6.07. The average Bonchev–Trinajstić information content (AvgIpc) is 2.19. The lowest BCUT2D eigenvalue weighted by molar-refractivity contribution is 0.531. The Hall–Kier alpha value is 0.230. The number of nitrogens with zero attached hydrogens (tertiary/aromatic N) is 1. The molecule has 0 radical (unpaired) electrons. The van der Waals surface area contributed by atoms with Gasteiger partial charge in [-0.05, 0) is 47.4 Å². The normalized spacial score (nSPS) is 20.7. The molecule has 5 heteroatoms. The summed E-state index contributed by atoms with van der Waals surface area (Å²) < 4.78 is 0.922. The molecule has 2 nitrogen and oxygen atoms in total. The second-order valence-electron chi connectivity index (χ2n) is 3.38. The van der Waals surface area contributed by atoms with Crippen molar-refractivity contribution in [3.63, 3.8) is 0 Å². The third-order valence-corrected chi connectivity index (χ3v) is 3.87. The Bertz CT molecular complexity index is 305. The highest BCUT2D eigenvalue weighted by Crippen LogP contribution is 2.26. The number of hydrogen-bond donors (Lipinski definition) is 1. The molecule has 1 N–H and O–H groups in total. The highest BCUT2D eigenvalue weighted by atomic mass is 79.9. The Kier molecular flexibility index (Phi) is 5.97. The van der Waals surface area contributed by atoms with Gasteiger partial charge >= 0.3 is 0 Å². The summed E-state index contributed by atoms with van der Waals surface area (Å²) in [5.74, 6) is 0.